The second-order valence-corrected chi connectivity index (χ2v) is 6.85. The molecule has 1 saturated heterocycles. The highest BCUT2D eigenvalue weighted by molar-refractivity contribution is 5.48. The summed E-state index contributed by atoms with van der Waals surface area (Å²) in [5.74, 6) is 2.84. The number of hydrogen-bond donors (Lipinski definition) is 1. The topological polar surface area (TPSA) is 64.3 Å². The molecule has 0 spiro atoms. The van der Waals surface area contributed by atoms with Crippen molar-refractivity contribution in [2.75, 3.05) is 36.9 Å². The summed E-state index contributed by atoms with van der Waals surface area (Å²) in [6.07, 6.45) is 3.37. The van der Waals surface area contributed by atoms with Gasteiger partial charge in [-0.2, -0.15) is 4.98 Å². The fraction of sp³-hybridized carbons (Fsp3) is 0.765. The first-order valence-electron chi connectivity index (χ1n) is 8.43. The molecular weight excluding hydrogens is 276 g/mol. The molecule has 1 fully saturated rings. The van der Waals surface area contributed by atoms with E-state index in [2.05, 4.69) is 35.6 Å². The number of nitrogens with two attached hydrogens (primary N) is 1. The number of aryl methyl sites for hydroxylation is 1. The van der Waals surface area contributed by atoms with Crippen LogP contribution in [-0.2, 0) is 11.2 Å². The zero-order valence-electron chi connectivity index (χ0n) is 14.4. The van der Waals surface area contributed by atoms with E-state index in [0.717, 1.165) is 62.3 Å². The van der Waals surface area contributed by atoms with Crippen LogP contribution in [0.5, 0.6) is 0 Å². The van der Waals surface area contributed by atoms with Crippen molar-refractivity contribution in [3.8, 4) is 0 Å². The van der Waals surface area contributed by atoms with Crippen LogP contribution < -0.4 is 10.6 Å². The third-order valence-electron chi connectivity index (χ3n) is 4.29. The first kappa shape index (κ1) is 17.0. The van der Waals surface area contributed by atoms with E-state index in [1.54, 1.807) is 0 Å². The lowest BCUT2D eigenvalue weighted by Gasteiger charge is -2.27. The van der Waals surface area contributed by atoms with Gasteiger partial charge in [-0.1, -0.05) is 20.8 Å². The number of morpholine rings is 1. The molecule has 1 unspecified atom stereocenters. The first-order chi connectivity index (χ1) is 10.5. The molecule has 0 amide bonds. The van der Waals surface area contributed by atoms with Crippen LogP contribution >= 0.6 is 0 Å². The molecule has 22 heavy (non-hydrogen) atoms. The summed E-state index contributed by atoms with van der Waals surface area (Å²) in [4.78, 5) is 11.4. The maximum atomic E-state index is 6.21. The predicted octanol–water partition coefficient (Wildman–Crippen LogP) is 2.82. The Morgan fingerprint density at radius 3 is 2.45 bits per heavy atom. The molecule has 0 saturated carbocycles. The summed E-state index contributed by atoms with van der Waals surface area (Å²) in [5, 5.41) is 0. The van der Waals surface area contributed by atoms with Crippen molar-refractivity contribution in [1.29, 1.82) is 0 Å². The van der Waals surface area contributed by atoms with E-state index in [1.807, 2.05) is 6.92 Å². The normalized spacial score (nSPS) is 17.0. The van der Waals surface area contributed by atoms with Crippen molar-refractivity contribution in [2.24, 2.45) is 11.8 Å². The third kappa shape index (κ3) is 4.57. The fourth-order valence-corrected chi connectivity index (χ4v) is 3.13. The number of anilines is 2. The van der Waals surface area contributed by atoms with Crippen molar-refractivity contribution < 1.29 is 4.74 Å². The maximum Gasteiger partial charge on any atom is 0.227 e. The number of rotatable bonds is 6. The molecule has 1 aliphatic rings. The van der Waals surface area contributed by atoms with Crippen LogP contribution in [-0.4, -0.2) is 36.3 Å². The van der Waals surface area contributed by atoms with Crippen LogP contribution in [0.25, 0.3) is 0 Å². The summed E-state index contributed by atoms with van der Waals surface area (Å²) in [5.41, 5.74) is 8.34. The Hall–Kier alpha value is -1.36. The minimum absolute atomic E-state index is 0.644. The Kier molecular flexibility index (Phi) is 6.00. The van der Waals surface area contributed by atoms with Gasteiger partial charge in [0.15, 0.2) is 0 Å². The Morgan fingerprint density at radius 2 is 1.86 bits per heavy atom. The van der Waals surface area contributed by atoms with E-state index in [9.17, 15) is 0 Å². The zero-order chi connectivity index (χ0) is 16.1. The highest BCUT2D eigenvalue weighted by Gasteiger charge is 2.17. The quantitative estimate of drug-likeness (QED) is 0.875. The van der Waals surface area contributed by atoms with Gasteiger partial charge in [0.2, 0.25) is 5.95 Å². The van der Waals surface area contributed by atoms with Crippen molar-refractivity contribution >= 4 is 11.8 Å². The lowest BCUT2D eigenvalue weighted by molar-refractivity contribution is 0.122. The first-order valence-corrected chi connectivity index (χ1v) is 8.43. The molecule has 0 bridgehead atoms. The molecule has 124 valence electrons. The predicted molar refractivity (Wildman–Crippen MR) is 91.2 cm³/mol. The molecule has 0 aromatic carbocycles. The van der Waals surface area contributed by atoms with Crippen molar-refractivity contribution in [3.05, 3.63) is 11.3 Å². The number of aromatic nitrogens is 2. The highest BCUT2D eigenvalue weighted by Crippen LogP contribution is 2.23. The molecule has 1 aliphatic heterocycles. The van der Waals surface area contributed by atoms with Gasteiger partial charge in [0.05, 0.1) is 13.2 Å². The van der Waals surface area contributed by atoms with Crippen LogP contribution in [0.2, 0.25) is 0 Å². The standard InChI is InChI=1S/C17H30N4O/c1-12(2)11-13(3)5-6-15-14(4)19-17(20-16(15)18)21-7-9-22-10-8-21/h12-13H,5-11H2,1-4H3,(H2,18,19,20). The number of hydrogen-bond acceptors (Lipinski definition) is 5. The Morgan fingerprint density at radius 1 is 1.18 bits per heavy atom. The van der Waals surface area contributed by atoms with Crippen molar-refractivity contribution in [2.45, 2.75) is 47.0 Å². The maximum absolute atomic E-state index is 6.21. The molecule has 5 heteroatoms. The van der Waals surface area contributed by atoms with Crippen LogP contribution in [0, 0.1) is 18.8 Å². The number of nitrogen functional groups attached to an aromatic ring is 1. The average Bonchev–Trinajstić information content (AvgIpc) is 2.46. The Balaban J connectivity index is 2.03. The Labute approximate surface area is 134 Å². The van der Waals surface area contributed by atoms with E-state index >= 15 is 0 Å². The molecule has 5 nitrogen and oxygen atoms in total. The van der Waals surface area contributed by atoms with Gasteiger partial charge in [-0.05, 0) is 38.0 Å². The summed E-state index contributed by atoms with van der Waals surface area (Å²) in [6.45, 7) is 12.0. The molecule has 1 atom stereocenters. The second-order valence-electron chi connectivity index (χ2n) is 6.85. The summed E-state index contributed by atoms with van der Waals surface area (Å²) < 4.78 is 5.37. The highest BCUT2D eigenvalue weighted by atomic mass is 16.5. The number of nitrogens with zero attached hydrogens (tertiary/aromatic N) is 3. The number of ether oxygens (including phenoxy) is 1. The monoisotopic (exact) mass is 306 g/mol. The van der Waals surface area contributed by atoms with Crippen LogP contribution in [0.4, 0.5) is 11.8 Å². The lowest BCUT2D eigenvalue weighted by atomic mass is 9.93. The molecule has 2 rings (SSSR count). The van der Waals surface area contributed by atoms with Crippen LogP contribution in [0.1, 0.15) is 44.9 Å². The van der Waals surface area contributed by atoms with Gasteiger partial charge in [-0.25, -0.2) is 4.98 Å². The van der Waals surface area contributed by atoms with E-state index in [-0.39, 0.29) is 0 Å². The second kappa shape index (κ2) is 7.77. The average molecular weight is 306 g/mol. The van der Waals surface area contributed by atoms with Gasteiger partial charge < -0.3 is 15.4 Å². The molecular formula is C17H30N4O. The van der Waals surface area contributed by atoms with Crippen molar-refractivity contribution in [1.82, 2.24) is 9.97 Å². The van der Waals surface area contributed by atoms with Gasteiger partial charge in [-0.3, -0.25) is 0 Å². The van der Waals surface area contributed by atoms with Gasteiger partial charge in [-0.15, -0.1) is 0 Å². The molecule has 1 aromatic rings. The SMILES string of the molecule is Cc1nc(N2CCOCC2)nc(N)c1CCC(C)CC(C)C. The minimum Gasteiger partial charge on any atom is -0.383 e. The van der Waals surface area contributed by atoms with Crippen LogP contribution in [0.3, 0.4) is 0 Å². The van der Waals surface area contributed by atoms with E-state index in [0.29, 0.717) is 11.7 Å². The molecule has 2 N–H and O–H groups in total. The molecule has 2 heterocycles. The lowest BCUT2D eigenvalue weighted by Crippen LogP contribution is -2.37. The summed E-state index contributed by atoms with van der Waals surface area (Å²) >= 11 is 0. The van der Waals surface area contributed by atoms with Gasteiger partial charge >= 0.3 is 0 Å². The molecule has 1 aromatic heterocycles. The van der Waals surface area contributed by atoms with Crippen LogP contribution in [0.15, 0.2) is 0 Å². The molecule has 0 aliphatic carbocycles. The van der Waals surface area contributed by atoms with Gasteiger partial charge in [0.25, 0.3) is 0 Å². The van der Waals surface area contributed by atoms with E-state index < -0.39 is 0 Å². The van der Waals surface area contributed by atoms with Gasteiger partial charge in [0, 0.05) is 24.3 Å². The van der Waals surface area contributed by atoms with E-state index in [4.69, 9.17) is 10.5 Å². The minimum atomic E-state index is 0.644. The summed E-state index contributed by atoms with van der Waals surface area (Å²) in [6, 6.07) is 0. The van der Waals surface area contributed by atoms with Crippen molar-refractivity contribution in [3.63, 3.8) is 0 Å². The smallest absolute Gasteiger partial charge is 0.227 e. The summed E-state index contributed by atoms with van der Waals surface area (Å²) in [7, 11) is 0. The largest absolute Gasteiger partial charge is 0.383 e. The molecule has 0 radical (unpaired) electrons. The van der Waals surface area contributed by atoms with E-state index in [1.165, 1.54) is 6.42 Å². The Bertz CT molecular complexity index is 461. The van der Waals surface area contributed by atoms with Gasteiger partial charge in [0.1, 0.15) is 5.82 Å². The third-order valence-corrected chi connectivity index (χ3v) is 4.29. The fourth-order valence-electron chi connectivity index (χ4n) is 3.13. The zero-order valence-corrected chi connectivity index (χ0v) is 14.4.